The molecule has 0 bridgehead atoms. The van der Waals surface area contributed by atoms with E-state index in [0.717, 1.165) is 38.7 Å². The highest BCUT2D eigenvalue weighted by molar-refractivity contribution is 5.79. The van der Waals surface area contributed by atoms with Crippen LogP contribution in [0.4, 0.5) is 4.39 Å². The third-order valence-corrected chi connectivity index (χ3v) is 3.92. The van der Waals surface area contributed by atoms with Crippen molar-refractivity contribution >= 4 is 5.96 Å². The Morgan fingerprint density at radius 3 is 2.75 bits per heavy atom. The number of nitrogens with zero attached hydrogens (tertiary/aromatic N) is 1. The highest BCUT2D eigenvalue weighted by atomic mass is 19.1. The molecule has 1 heterocycles. The van der Waals surface area contributed by atoms with Crippen LogP contribution in [0.3, 0.4) is 0 Å². The number of ether oxygens (including phenoxy) is 2. The monoisotopic (exact) mass is 337 g/mol. The summed E-state index contributed by atoms with van der Waals surface area (Å²) >= 11 is 0. The van der Waals surface area contributed by atoms with Gasteiger partial charge in [-0.3, -0.25) is 4.99 Å². The summed E-state index contributed by atoms with van der Waals surface area (Å²) in [7, 11) is 0. The van der Waals surface area contributed by atoms with Crippen LogP contribution < -0.4 is 15.4 Å². The van der Waals surface area contributed by atoms with Crippen LogP contribution in [0.25, 0.3) is 0 Å². The third-order valence-electron chi connectivity index (χ3n) is 3.92. The maximum absolute atomic E-state index is 13.3. The van der Waals surface area contributed by atoms with E-state index >= 15 is 0 Å². The molecule has 0 aromatic heterocycles. The fourth-order valence-corrected chi connectivity index (χ4v) is 2.37. The van der Waals surface area contributed by atoms with Gasteiger partial charge in [-0.2, -0.15) is 0 Å². The van der Waals surface area contributed by atoms with Crippen molar-refractivity contribution in [2.24, 2.45) is 10.4 Å². The minimum Gasteiger partial charge on any atom is -0.489 e. The predicted octanol–water partition coefficient (Wildman–Crippen LogP) is 2.57. The van der Waals surface area contributed by atoms with Crippen LogP contribution in [0.15, 0.2) is 29.3 Å². The molecule has 0 spiro atoms. The molecule has 1 atom stereocenters. The molecule has 1 fully saturated rings. The van der Waals surface area contributed by atoms with Crippen molar-refractivity contribution in [2.45, 2.75) is 33.3 Å². The van der Waals surface area contributed by atoms with E-state index in [4.69, 9.17) is 9.47 Å². The second kappa shape index (κ2) is 8.87. The molecule has 0 radical (unpaired) electrons. The van der Waals surface area contributed by atoms with Gasteiger partial charge in [-0.15, -0.1) is 0 Å². The van der Waals surface area contributed by atoms with E-state index in [0.29, 0.717) is 12.3 Å². The number of nitrogens with one attached hydrogen (secondary N) is 2. The summed E-state index contributed by atoms with van der Waals surface area (Å²) in [6.07, 6.45) is 0.757. The molecular formula is C18H28FN3O2. The van der Waals surface area contributed by atoms with Crippen molar-refractivity contribution < 1.29 is 13.9 Å². The van der Waals surface area contributed by atoms with Crippen molar-refractivity contribution in [1.82, 2.24) is 10.6 Å². The minimum atomic E-state index is -0.291. The van der Waals surface area contributed by atoms with Gasteiger partial charge < -0.3 is 20.1 Å². The van der Waals surface area contributed by atoms with Gasteiger partial charge in [-0.25, -0.2) is 4.39 Å². The molecule has 24 heavy (non-hydrogen) atoms. The average Bonchev–Trinajstić information content (AvgIpc) is 2.54. The highest BCUT2D eigenvalue weighted by Gasteiger charge is 2.33. The second-order valence-electron chi connectivity index (χ2n) is 6.49. The van der Waals surface area contributed by atoms with Crippen LogP contribution >= 0.6 is 0 Å². The van der Waals surface area contributed by atoms with Crippen LogP contribution in [-0.2, 0) is 4.74 Å². The first-order valence-corrected chi connectivity index (χ1v) is 8.57. The molecule has 2 N–H and O–H groups in total. The van der Waals surface area contributed by atoms with Crippen LogP contribution in [0.5, 0.6) is 5.75 Å². The second-order valence-corrected chi connectivity index (χ2v) is 6.49. The molecule has 1 aliphatic heterocycles. The zero-order chi connectivity index (χ0) is 17.4. The van der Waals surface area contributed by atoms with Crippen LogP contribution in [0.1, 0.15) is 27.2 Å². The summed E-state index contributed by atoms with van der Waals surface area (Å²) in [6.45, 7) is 9.89. The van der Waals surface area contributed by atoms with Gasteiger partial charge in [-0.05, 0) is 25.5 Å². The van der Waals surface area contributed by atoms with Crippen LogP contribution in [-0.4, -0.2) is 44.9 Å². The molecule has 1 aromatic rings. The summed E-state index contributed by atoms with van der Waals surface area (Å²) in [5, 5.41) is 6.54. The number of rotatable bonds is 8. The molecule has 1 saturated heterocycles. The summed E-state index contributed by atoms with van der Waals surface area (Å²) < 4.78 is 24.4. The first-order chi connectivity index (χ1) is 11.5. The molecule has 1 aromatic carbocycles. The largest absolute Gasteiger partial charge is 0.489 e. The smallest absolute Gasteiger partial charge is 0.191 e. The van der Waals surface area contributed by atoms with E-state index in [2.05, 4.69) is 22.5 Å². The number of guanidine groups is 1. The number of hydrogen-bond donors (Lipinski definition) is 2. The van der Waals surface area contributed by atoms with Crippen molar-refractivity contribution in [3.63, 3.8) is 0 Å². The molecule has 134 valence electrons. The molecule has 2 rings (SSSR count). The van der Waals surface area contributed by atoms with E-state index in [1.54, 1.807) is 12.1 Å². The van der Waals surface area contributed by atoms with Gasteiger partial charge in [0.1, 0.15) is 17.7 Å². The first-order valence-electron chi connectivity index (χ1n) is 8.57. The predicted molar refractivity (Wildman–Crippen MR) is 94.0 cm³/mol. The Morgan fingerprint density at radius 1 is 1.38 bits per heavy atom. The van der Waals surface area contributed by atoms with Gasteiger partial charge in [0.05, 0.1) is 26.3 Å². The Morgan fingerprint density at radius 2 is 2.17 bits per heavy atom. The van der Waals surface area contributed by atoms with Crippen molar-refractivity contribution in [2.75, 3.05) is 32.8 Å². The Balaban J connectivity index is 1.87. The van der Waals surface area contributed by atoms with Crippen molar-refractivity contribution in [1.29, 1.82) is 0 Å². The van der Waals surface area contributed by atoms with E-state index < -0.39 is 0 Å². The van der Waals surface area contributed by atoms with Gasteiger partial charge in [-0.1, -0.05) is 19.9 Å². The number of aliphatic imine (C=N–C) groups is 1. The zero-order valence-corrected chi connectivity index (χ0v) is 14.8. The number of benzene rings is 1. The maximum atomic E-state index is 13.3. The molecule has 1 unspecified atom stereocenters. The Kier molecular flexibility index (Phi) is 6.85. The molecule has 6 heteroatoms. The third kappa shape index (κ3) is 5.67. The van der Waals surface area contributed by atoms with Crippen LogP contribution in [0.2, 0.25) is 0 Å². The van der Waals surface area contributed by atoms with Gasteiger partial charge in [0.2, 0.25) is 0 Å². The van der Waals surface area contributed by atoms with Gasteiger partial charge in [0, 0.05) is 18.0 Å². The fourth-order valence-electron chi connectivity index (χ4n) is 2.37. The molecule has 5 nitrogen and oxygen atoms in total. The summed E-state index contributed by atoms with van der Waals surface area (Å²) in [4.78, 5) is 4.63. The molecule has 1 aliphatic rings. The van der Waals surface area contributed by atoms with Gasteiger partial charge in [0.25, 0.3) is 0 Å². The summed E-state index contributed by atoms with van der Waals surface area (Å²) in [5.41, 5.74) is 0.143. The minimum absolute atomic E-state index is 0.0571. The molecule has 0 amide bonds. The molecule has 0 aliphatic carbocycles. The Labute approximate surface area is 143 Å². The lowest BCUT2D eigenvalue weighted by molar-refractivity contribution is -0.0945. The van der Waals surface area contributed by atoms with Crippen LogP contribution in [0, 0.1) is 11.2 Å². The number of halogens is 1. The highest BCUT2D eigenvalue weighted by Crippen LogP contribution is 2.26. The summed E-state index contributed by atoms with van der Waals surface area (Å²) in [6, 6.07) is 6.23. The quantitative estimate of drug-likeness (QED) is 0.565. The first kappa shape index (κ1) is 18.5. The lowest BCUT2D eigenvalue weighted by Gasteiger charge is -2.36. The molecule has 0 saturated carbocycles. The average molecular weight is 337 g/mol. The Bertz CT molecular complexity index is 547. The van der Waals surface area contributed by atoms with Gasteiger partial charge in [0.15, 0.2) is 5.96 Å². The standard InChI is InChI=1S/C18H28FN3O2/c1-4-15(24-16-8-6-7-14(19)9-16)10-21-17(20-5-2)22-11-18(3)12-23-13-18/h6-9,15H,4-5,10-13H2,1-3H3,(H2,20,21,22). The van der Waals surface area contributed by atoms with Gasteiger partial charge >= 0.3 is 0 Å². The Hall–Kier alpha value is -1.82. The van der Waals surface area contributed by atoms with E-state index in [-0.39, 0.29) is 17.3 Å². The fraction of sp³-hybridized carbons (Fsp3) is 0.611. The normalized spacial score (nSPS) is 17.8. The van der Waals surface area contributed by atoms with Crippen molar-refractivity contribution in [3.8, 4) is 5.75 Å². The number of hydrogen-bond acceptors (Lipinski definition) is 3. The topological polar surface area (TPSA) is 54.9 Å². The summed E-state index contributed by atoms with van der Waals surface area (Å²) in [5.74, 6) is 1.03. The van der Waals surface area contributed by atoms with Crippen molar-refractivity contribution in [3.05, 3.63) is 30.1 Å². The zero-order valence-electron chi connectivity index (χ0n) is 14.8. The lowest BCUT2D eigenvalue weighted by atomic mass is 9.89. The lowest BCUT2D eigenvalue weighted by Crippen LogP contribution is -2.46. The van der Waals surface area contributed by atoms with E-state index in [1.165, 1.54) is 12.1 Å². The van der Waals surface area contributed by atoms with E-state index in [9.17, 15) is 4.39 Å². The van der Waals surface area contributed by atoms with E-state index in [1.807, 2.05) is 13.8 Å². The molecular weight excluding hydrogens is 309 g/mol. The SMILES string of the molecule is CCNC(=NCC1(C)COC1)NCC(CC)Oc1cccc(F)c1. The maximum Gasteiger partial charge on any atom is 0.191 e.